The number of piperidine rings is 1. The van der Waals surface area contributed by atoms with Gasteiger partial charge in [-0.1, -0.05) is 23.7 Å². The van der Waals surface area contributed by atoms with Crippen molar-refractivity contribution in [2.24, 2.45) is 5.92 Å². The topological polar surface area (TPSA) is 24.9 Å². The van der Waals surface area contributed by atoms with E-state index in [0.717, 1.165) is 12.5 Å². The fraction of sp³-hybridized carbons (Fsp3) is 0.500. The van der Waals surface area contributed by atoms with Crippen LogP contribution in [0.15, 0.2) is 24.4 Å². The summed E-state index contributed by atoms with van der Waals surface area (Å²) in [4.78, 5) is 4.19. The Morgan fingerprint density at radius 2 is 2.24 bits per heavy atom. The maximum atomic E-state index is 5.84. The molecule has 3 heteroatoms. The van der Waals surface area contributed by atoms with Crippen LogP contribution in [-0.4, -0.2) is 17.6 Å². The van der Waals surface area contributed by atoms with E-state index in [-0.39, 0.29) is 0 Å². The van der Waals surface area contributed by atoms with Gasteiger partial charge in [0.1, 0.15) is 5.15 Å². The largest absolute Gasteiger partial charge is 0.310 e. The van der Waals surface area contributed by atoms with Crippen LogP contribution in [0.2, 0.25) is 5.15 Å². The van der Waals surface area contributed by atoms with Crippen molar-refractivity contribution < 1.29 is 0 Å². The third-order valence-electron chi connectivity index (χ3n) is 3.88. The van der Waals surface area contributed by atoms with Gasteiger partial charge in [0.15, 0.2) is 0 Å². The fourth-order valence-corrected chi connectivity index (χ4v) is 3.17. The average Bonchev–Trinajstić information content (AvgIpc) is 2.39. The Balaban J connectivity index is 1.90. The molecule has 1 aromatic heterocycles. The van der Waals surface area contributed by atoms with Gasteiger partial charge in [-0.3, -0.25) is 0 Å². The van der Waals surface area contributed by atoms with Crippen molar-refractivity contribution in [3.8, 4) is 0 Å². The van der Waals surface area contributed by atoms with Crippen molar-refractivity contribution >= 4 is 17.2 Å². The van der Waals surface area contributed by atoms with Gasteiger partial charge in [-0.25, -0.2) is 4.98 Å². The zero-order valence-corrected chi connectivity index (χ0v) is 10.6. The number of hydrogen-bond acceptors (Lipinski definition) is 2. The first-order valence-corrected chi connectivity index (χ1v) is 6.78. The van der Waals surface area contributed by atoms with Gasteiger partial charge in [-0.2, -0.15) is 0 Å². The van der Waals surface area contributed by atoms with Gasteiger partial charge in [-0.15, -0.1) is 0 Å². The van der Waals surface area contributed by atoms with Crippen LogP contribution < -0.4 is 5.32 Å². The smallest absolute Gasteiger partial charge is 0.129 e. The van der Waals surface area contributed by atoms with Crippen molar-refractivity contribution in [1.29, 1.82) is 0 Å². The Bertz CT molecular complexity index is 424. The summed E-state index contributed by atoms with van der Waals surface area (Å²) in [5.41, 5.74) is 2.64. The molecule has 17 heavy (non-hydrogen) atoms. The van der Waals surface area contributed by atoms with E-state index < -0.39 is 0 Å². The van der Waals surface area contributed by atoms with E-state index in [9.17, 15) is 0 Å². The van der Waals surface area contributed by atoms with Crippen molar-refractivity contribution in [3.05, 3.63) is 35.1 Å². The second kappa shape index (κ2) is 4.79. The lowest BCUT2D eigenvalue weighted by Crippen LogP contribution is -2.43. The second-order valence-corrected chi connectivity index (χ2v) is 5.33. The molecule has 1 aromatic rings. The molecule has 0 radical (unpaired) electrons. The van der Waals surface area contributed by atoms with Gasteiger partial charge < -0.3 is 5.32 Å². The fourth-order valence-electron chi connectivity index (χ4n) is 3.05. The van der Waals surface area contributed by atoms with Crippen LogP contribution in [0.3, 0.4) is 0 Å². The lowest BCUT2D eigenvalue weighted by Gasteiger charge is -2.37. The van der Waals surface area contributed by atoms with E-state index in [4.69, 9.17) is 11.6 Å². The highest BCUT2D eigenvalue weighted by molar-refractivity contribution is 6.29. The minimum absolute atomic E-state index is 0.528. The Hall–Kier alpha value is -0.860. The molecule has 0 aromatic carbocycles. The van der Waals surface area contributed by atoms with E-state index in [0.29, 0.717) is 11.2 Å². The number of rotatable bonds is 1. The molecule has 0 spiro atoms. The normalized spacial score (nSPS) is 28.4. The molecule has 2 atom stereocenters. The van der Waals surface area contributed by atoms with E-state index in [2.05, 4.69) is 22.4 Å². The predicted molar refractivity (Wildman–Crippen MR) is 71.0 cm³/mol. The van der Waals surface area contributed by atoms with Crippen LogP contribution in [0.4, 0.5) is 0 Å². The summed E-state index contributed by atoms with van der Waals surface area (Å²) >= 11 is 5.84. The Kier molecular flexibility index (Phi) is 3.17. The number of nitrogens with one attached hydrogen (secondary N) is 1. The summed E-state index contributed by atoms with van der Waals surface area (Å²) in [6.45, 7) is 1.14. The summed E-state index contributed by atoms with van der Waals surface area (Å²) in [6.07, 6.45) is 9.45. The molecule has 1 aliphatic carbocycles. The Morgan fingerprint density at radius 1 is 1.29 bits per heavy atom. The van der Waals surface area contributed by atoms with E-state index >= 15 is 0 Å². The van der Waals surface area contributed by atoms with E-state index in [1.54, 1.807) is 0 Å². The molecule has 90 valence electrons. The third kappa shape index (κ3) is 2.24. The summed E-state index contributed by atoms with van der Waals surface area (Å²) in [5, 5.41) is 4.22. The van der Waals surface area contributed by atoms with Crippen LogP contribution in [0.25, 0.3) is 5.57 Å². The predicted octanol–water partition coefficient (Wildman–Crippen LogP) is 3.28. The number of halogens is 1. The summed E-state index contributed by atoms with van der Waals surface area (Å²) < 4.78 is 0. The zero-order valence-electron chi connectivity index (χ0n) is 9.82. The van der Waals surface area contributed by atoms with E-state index in [1.165, 1.54) is 36.8 Å². The average molecular weight is 249 g/mol. The van der Waals surface area contributed by atoms with Gasteiger partial charge in [0.25, 0.3) is 0 Å². The monoisotopic (exact) mass is 248 g/mol. The van der Waals surface area contributed by atoms with Crippen molar-refractivity contribution in [1.82, 2.24) is 10.3 Å². The Labute approximate surface area is 107 Å². The lowest BCUT2D eigenvalue weighted by atomic mass is 9.77. The highest BCUT2D eigenvalue weighted by atomic mass is 35.5. The maximum absolute atomic E-state index is 5.84. The van der Waals surface area contributed by atoms with Gasteiger partial charge in [0.2, 0.25) is 0 Å². The molecule has 1 fully saturated rings. The van der Waals surface area contributed by atoms with E-state index in [1.807, 2.05) is 12.3 Å². The second-order valence-electron chi connectivity index (χ2n) is 4.94. The van der Waals surface area contributed by atoms with Gasteiger partial charge in [0.05, 0.1) is 0 Å². The molecule has 1 aliphatic heterocycles. The van der Waals surface area contributed by atoms with Crippen molar-refractivity contribution in [2.45, 2.75) is 31.7 Å². The molecule has 2 aliphatic rings. The first kappa shape index (κ1) is 11.2. The third-order valence-corrected chi connectivity index (χ3v) is 4.11. The Morgan fingerprint density at radius 3 is 3.06 bits per heavy atom. The summed E-state index contributed by atoms with van der Waals surface area (Å²) in [5.74, 6) is 0.805. The number of fused-ring (bicyclic) bond motifs is 1. The molecule has 3 rings (SSSR count). The quantitative estimate of drug-likeness (QED) is 0.772. The van der Waals surface area contributed by atoms with Crippen molar-refractivity contribution in [3.63, 3.8) is 0 Å². The molecule has 1 N–H and O–H groups in total. The molecule has 0 amide bonds. The number of nitrogens with zero attached hydrogens (tertiary/aromatic N) is 1. The molecule has 0 bridgehead atoms. The standard InChI is InChI=1S/C14H17ClN2/c15-13-7-6-11(9-17-13)12-5-1-3-10-4-2-8-16-14(10)12/h5-7,9-10,14,16H,1-4,8H2/t10-,14+/m0/s1. The number of hydrogen-bond donors (Lipinski definition) is 1. The number of aromatic nitrogens is 1. The highest BCUT2D eigenvalue weighted by Gasteiger charge is 2.30. The molecular weight excluding hydrogens is 232 g/mol. The first-order chi connectivity index (χ1) is 8.34. The van der Waals surface area contributed by atoms with Crippen molar-refractivity contribution in [2.75, 3.05) is 6.54 Å². The summed E-state index contributed by atoms with van der Waals surface area (Å²) in [7, 11) is 0. The maximum Gasteiger partial charge on any atom is 0.129 e. The summed E-state index contributed by atoms with van der Waals surface area (Å²) in [6, 6.07) is 4.49. The number of allylic oxidation sites excluding steroid dienone is 1. The van der Waals surface area contributed by atoms with Crippen LogP contribution in [0, 0.1) is 5.92 Å². The lowest BCUT2D eigenvalue weighted by molar-refractivity contribution is 0.304. The molecule has 0 unspecified atom stereocenters. The van der Waals surface area contributed by atoms with Crippen LogP contribution in [-0.2, 0) is 0 Å². The molecule has 2 heterocycles. The highest BCUT2D eigenvalue weighted by Crippen LogP contribution is 2.35. The molecule has 0 saturated carbocycles. The molecule has 1 saturated heterocycles. The molecule has 2 nitrogen and oxygen atoms in total. The zero-order chi connectivity index (χ0) is 11.7. The molecular formula is C14H17ClN2. The first-order valence-electron chi connectivity index (χ1n) is 6.40. The van der Waals surface area contributed by atoms with Gasteiger partial charge in [-0.05, 0) is 55.3 Å². The van der Waals surface area contributed by atoms with Gasteiger partial charge in [0, 0.05) is 12.2 Å². The minimum atomic E-state index is 0.528. The number of pyridine rings is 1. The minimum Gasteiger partial charge on any atom is -0.310 e. The van der Waals surface area contributed by atoms with Crippen LogP contribution >= 0.6 is 11.6 Å². The van der Waals surface area contributed by atoms with Crippen LogP contribution in [0.5, 0.6) is 0 Å². The van der Waals surface area contributed by atoms with Gasteiger partial charge >= 0.3 is 0 Å². The van der Waals surface area contributed by atoms with Crippen LogP contribution in [0.1, 0.15) is 31.2 Å². The SMILES string of the molecule is Clc1ccc(C2=CCC[C@H]3CCCN[C@@H]23)cn1.